The Morgan fingerprint density at radius 1 is 1.35 bits per heavy atom. The number of nitrogens with one attached hydrogen (secondary N) is 1. The summed E-state index contributed by atoms with van der Waals surface area (Å²) >= 11 is 1.65. The van der Waals surface area contributed by atoms with Crippen LogP contribution in [0.1, 0.15) is 25.7 Å². The molecule has 4 nitrogen and oxygen atoms in total. The number of carbonyl (C=O) groups excluding carboxylic acids is 1. The predicted molar refractivity (Wildman–Crippen MR) is 82.0 cm³/mol. The summed E-state index contributed by atoms with van der Waals surface area (Å²) in [4.78, 5) is 19.6. The topological polar surface area (TPSA) is 45.2 Å². The highest BCUT2D eigenvalue weighted by molar-refractivity contribution is 7.98. The van der Waals surface area contributed by atoms with Gasteiger partial charge in [0.1, 0.15) is 5.82 Å². The number of urea groups is 1. The molecule has 20 heavy (non-hydrogen) atoms. The van der Waals surface area contributed by atoms with Crippen LogP contribution >= 0.6 is 11.8 Å². The van der Waals surface area contributed by atoms with E-state index >= 15 is 0 Å². The van der Waals surface area contributed by atoms with Crippen LogP contribution in [0.5, 0.6) is 0 Å². The van der Waals surface area contributed by atoms with Crippen molar-refractivity contribution in [1.82, 2.24) is 9.88 Å². The number of hydrogen-bond acceptors (Lipinski definition) is 3. The molecular formula is C15H21N3OS. The summed E-state index contributed by atoms with van der Waals surface area (Å²) < 4.78 is 0. The van der Waals surface area contributed by atoms with Crippen LogP contribution in [-0.4, -0.2) is 35.3 Å². The van der Waals surface area contributed by atoms with Gasteiger partial charge in [-0.1, -0.05) is 0 Å². The predicted octanol–water partition coefficient (Wildman–Crippen LogP) is 3.46. The van der Waals surface area contributed by atoms with Gasteiger partial charge in [0.15, 0.2) is 0 Å². The minimum Gasteiger partial charge on any atom is -0.324 e. The van der Waals surface area contributed by atoms with Gasteiger partial charge in [0, 0.05) is 24.2 Å². The summed E-state index contributed by atoms with van der Waals surface area (Å²) in [7, 11) is 1.92. The Morgan fingerprint density at radius 2 is 2.00 bits per heavy atom. The van der Waals surface area contributed by atoms with Crippen LogP contribution in [0.25, 0.3) is 0 Å². The Morgan fingerprint density at radius 3 is 2.45 bits per heavy atom. The lowest BCUT2D eigenvalue weighted by atomic mass is 10.1. The zero-order chi connectivity index (χ0) is 14.1. The number of aromatic nitrogens is 1. The molecule has 2 aliphatic rings. The Bertz CT molecular complexity index is 470. The highest BCUT2D eigenvalue weighted by Gasteiger charge is 2.44. The van der Waals surface area contributed by atoms with Crippen molar-refractivity contribution in [2.24, 2.45) is 11.8 Å². The van der Waals surface area contributed by atoms with Crippen LogP contribution in [-0.2, 0) is 0 Å². The van der Waals surface area contributed by atoms with E-state index in [9.17, 15) is 4.79 Å². The largest absolute Gasteiger partial charge is 0.324 e. The summed E-state index contributed by atoms with van der Waals surface area (Å²) in [6.07, 6.45) is 8.91. The number of amides is 2. The number of nitrogens with zero attached hydrogens (tertiary/aromatic N) is 2. The molecule has 0 bridgehead atoms. The van der Waals surface area contributed by atoms with Gasteiger partial charge in [0.2, 0.25) is 0 Å². The number of anilines is 1. The van der Waals surface area contributed by atoms with E-state index < -0.39 is 0 Å². The van der Waals surface area contributed by atoms with E-state index in [1.807, 2.05) is 30.3 Å². The molecule has 108 valence electrons. The molecule has 2 saturated carbocycles. The lowest BCUT2D eigenvalue weighted by Gasteiger charge is -2.28. The quantitative estimate of drug-likeness (QED) is 0.845. The molecule has 0 unspecified atom stereocenters. The lowest BCUT2D eigenvalue weighted by molar-refractivity contribution is 0.187. The second-order valence-electron chi connectivity index (χ2n) is 5.79. The molecule has 0 spiro atoms. The first kappa shape index (κ1) is 13.7. The molecule has 1 heterocycles. The monoisotopic (exact) mass is 291 g/mol. The smallest absolute Gasteiger partial charge is 0.323 e. The molecule has 0 radical (unpaired) electrons. The van der Waals surface area contributed by atoms with E-state index in [0.29, 0.717) is 11.9 Å². The maximum absolute atomic E-state index is 12.3. The Balaban J connectivity index is 1.62. The fourth-order valence-electron chi connectivity index (χ4n) is 2.80. The molecule has 2 aliphatic carbocycles. The number of rotatable bonds is 5. The van der Waals surface area contributed by atoms with Crippen molar-refractivity contribution in [2.45, 2.75) is 36.6 Å². The van der Waals surface area contributed by atoms with Gasteiger partial charge in [0.25, 0.3) is 0 Å². The van der Waals surface area contributed by atoms with Gasteiger partial charge in [-0.15, -0.1) is 11.8 Å². The van der Waals surface area contributed by atoms with E-state index in [1.54, 1.807) is 18.0 Å². The molecule has 0 aromatic carbocycles. The third kappa shape index (κ3) is 3.08. The van der Waals surface area contributed by atoms with Crippen LogP contribution in [0.4, 0.5) is 10.6 Å². The second kappa shape index (κ2) is 5.64. The Hall–Kier alpha value is -1.23. The van der Waals surface area contributed by atoms with E-state index in [0.717, 1.165) is 16.7 Å². The zero-order valence-electron chi connectivity index (χ0n) is 12.0. The highest BCUT2D eigenvalue weighted by atomic mass is 32.2. The average Bonchev–Trinajstić information content (AvgIpc) is 3.34. The van der Waals surface area contributed by atoms with E-state index in [4.69, 9.17) is 0 Å². The fourth-order valence-corrected chi connectivity index (χ4v) is 3.16. The maximum Gasteiger partial charge on any atom is 0.323 e. The standard InChI is InChI=1S/C15H21N3OS/c1-18(14(10-3-4-10)11-5-6-11)15(19)17-13-8-7-12(20-2)9-16-13/h7-11,14H,3-6H2,1-2H3,(H,16,17,19). The fraction of sp³-hybridized carbons (Fsp3) is 0.600. The van der Waals surface area contributed by atoms with Crippen LogP contribution in [0.2, 0.25) is 0 Å². The minimum absolute atomic E-state index is 0.0294. The Labute approximate surface area is 124 Å². The normalized spacial score (nSPS) is 18.1. The van der Waals surface area contributed by atoms with Crippen LogP contribution in [0.15, 0.2) is 23.2 Å². The van der Waals surface area contributed by atoms with Crippen molar-refractivity contribution in [2.75, 3.05) is 18.6 Å². The van der Waals surface area contributed by atoms with E-state index in [2.05, 4.69) is 10.3 Å². The van der Waals surface area contributed by atoms with Crippen LogP contribution in [0, 0.1) is 11.8 Å². The summed E-state index contributed by atoms with van der Waals surface area (Å²) in [5.41, 5.74) is 0. The van der Waals surface area contributed by atoms with Gasteiger partial charge < -0.3 is 4.90 Å². The maximum atomic E-state index is 12.3. The van der Waals surface area contributed by atoms with Gasteiger partial charge in [-0.3, -0.25) is 5.32 Å². The van der Waals surface area contributed by atoms with Gasteiger partial charge in [-0.25, -0.2) is 9.78 Å². The van der Waals surface area contributed by atoms with Crippen LogP contribution in [0.3, 0.4) is 0 Å². The SMILES string of the molecule is CSc1ccc(NC(=O)N(C)C(C2CC2)C2CC2)nc1. The van der Waals surface area contributed by atoms with Gasteiger partial charge in [-0.2, -0.15) is 0 Å². The van der Waals surface area contributed by atoms with Gasteiger partial charge >= 0.3 is 6.03 Å². The highest BCUT2D eigenvalue weighted by Crippen LogP contribution is 2.46. The van der Waals surface area contributed by atoms with Gasteiger partial charge in [0.05, 0.1) is 0 Å². The molecule has 2 amide bonds. The molecule has 5 heteroatoms. The first-order valence-electron chi connectivity index (χ1n) is 7.23. The van der Waals surface area contributed by atoms with Crippen molar-refractivity contribution in [3.8, 4) is 0 Å². The molecule has 0 aliphatic heterocycles. The third-order valence-electron chi connectivity index (χ3n) is 4.18. The van der Waals surface area contributed by atoms with Crippen molar-refractivity contribution < 1.29 is 4.79 Å². The van der Waals surface area contributed by atoms with Crippen molar-refractivity contribution in [3.63, 3.8) is 0 Å². The van der Waals surface area contributed by atoms with Crippen molar-refractivity contribution in [3.05, 3.63) is 18.3 Å². The summed E-state index contributed by atoms with van der Waals surface area (Å²) in [5, 5.41) is 2.91. The van der Waals surface area contributed by atoms with Crippen molar-refractivity contribution in [1.29, 1.82) is 0 Å². The number of thioether (sulfide) groups is 1. The second-order valence-corrected chi connectivity index (χ2v) is 6.67. The summed E-state index contributed by atoms with van der Waals surface area (Å²) in [5.74, 6) is 2.08. The third-order valence-corrected chi connectivity index (χ3v) is 4.90. The molecule has 1 aromatic heterocycles. The first-order chi connectivity index (χ1) is 9.69. The molecule has 1 aromatic rings. The molecule has 0 atom stereocenters. The zero-order valence-corrected chi connectivity index (χ0v) is 12.8. The van der Waals surface area contributed by atoms with E-state index in [-0.39, 0.29) is 6.03 Å². The first-order valence-corrected chi connectivity index (χ1v) is 8.45. The van der Waals surface area contributed by atoms with Crippen molar-refractivity contribution >= 4 is 23.6 Å². The summed E-state index contributed by atoms with van der Waals surface area (Å²) in [6, 6.07) is 4.24. The molecule has 3 rings (SSSR count). The molecular weight excluding hydrogens is 270 g/mol. The Kier molecular flexibility index (Phi) is 3.87. The number of pyridine rings is 1. The lowest BCUT2D eigenvalue weighted by Crippen LogP contribution is -2.42. The van der Waals surface area contributed by atoms with Crippen LogP contribution < -0.4 is 5.32 Å². The number of carbonyl (C=O) groups is 1. The molecule has 0 saturated heterocycles. The van der Waals surface area contributed by atoms with E-state index in [1.165, 1.54) is 25.7 Å². The molecule has 2 fully saturated rings. The van der Waals surface area contributed by atoms with Gasteiger partial charge in [-0.05, 0) is 55.9 Å². The molecule has 1 N–H and O–H groups in total. The average molecular weight is 291 g/mol. The minimum atomic E-state index is -0.0294. The number of hydrogen-bond donors (Lipinski definition) is 1. The summed E-state index contributed by atoms with van der Waals surface area (Å²) in [6.45, 7) is 0.